The Kier molecular flexibility index (Phi) is 4.91. The number of hydrogen-bond acceptors (Lipinski definition) is 3. The average Bonchev–Trinajstić information content (AvgIpc) is 3.44. The third kappa shape index (κ3) is 3.65. The molecule has 1 aliphatic carbocycles. The van der Waals surface area contributed by atoms with Crippen LogP contribution in [-0.4, -0.2) is 46.8 Å². The molecule has 0 bridgehead atoms. The van der Waals surface area contributed by atoms with Gasteiger partial charge in [0.15, 0.2) is 0 Å². The van der Waals surface area contributed by atoms with Crippen LogP contribution in [0.4, 0.5) is 13.2 Å². The van der Waals surface area contributed by atoms with Crippen molar-refractivity contribution in [1.82, 2.24) is 20.0 Å². The van der Waals surface area contributed by atoms with E-state index in [0.29, 0.717) is 24.3 Å². The number of aromatic nitrogens is 2. The lowest BCUT2D eigenvalue weighted by molar-refractivity contribution is -0.137. The number of nitrogens with one attached hydrogen (secondary N) is 1. The molecule has 1 aromatic carbocycles. The quantitative estimate of drug-likeness (QED) is 0.865. The SMILES string of the molecule is CNC1CCCN(C(=O)c2cnn(-c3cccc(C(F)(F)F)c3)c2C2CC2)C1. The van der Waals surface area contributed by atoms with Crippen LogP contribution >= 0.6 is 0 Å². The molecule has 150 valence electrons. The van der Waals surface area contributed by atoms with Gasteiger partial charge in [0.1, 0.15) is 0 Å². The number of rotatable bonds is 4. The Morgan fingerprint density at radius 2 is 2.04 bits per heavy atom. The second kappa shape index (κ2) is 7.24. The normalized spacial score (nSPS) is 20.4. The van der Waals surface area contributed by atoms with E-state index < -0.39 is 11.7 Å². The van der Waals surface area contributed by atoms with Gasteiger partial charge in [0.05, 0.1) is 28.7 Å². The van der Waals surface area contributed by atoms with E-state index in [1.54, 1.807) is 6.07 Å². The molecule has 1 saturated heterocycles. The number of nitrogens with zero attached hydrogens (tertiary/aromatic N) is 3. The van der Waals surface area contributed by atoms with Gasteiger partial charge in [0.25, 0.3) is 5.91 Å². The van der Waals surface area contributed by atoms with Gasteiger partial charge in [-0.15, -0.1) is 0 Å². The lowest BCUT2D eigenvalue weighted by Crippen LogP contribution is -2.47. The molecule has 0 radical (unpaired) electrons. The number of amides is 1. The third-order valence-corrected chi connectivity index (χ3v) is 5.54. The zero-order valence-corrected chi connectivity index (χ0v) is 15.7. The summed E-state index contributed by atoms with van der Waals surface area (Å²) in [4.78, 5) is 15.0. The van der Waals surface area contributed by atoms with E-state index in [1.165, 1.54) is 16.9 Å². The smallest absolute Gasteiger partial charge is 0.337 e. The van der Waals surface area contributed by atoms with Crippen molar-refractivity contribution in [3.05, 3.63) is 47.3 Å². The summed E-state index contributed by atoms with van der Waals surface area (Å²) in [6.07, 6.45) is 0.891. The molecule has 1 aromatic heterocycles. The highest BCUT2D eigenvalue weighted by Crippen LogP contribution is 2.43. The van der Waals surface area contributed by atoms with Crippen molar-refractivity contribution >= 4 is 5.91 Å². The first-order valence-electron chi connectivity index (χ1n) is 9.60. The first kappa shape index (κ1) is 19.0. The first-order chi connectivity index (χ1) is 13.4. The number of carbonyl (C=O) groups is 1. The minimum Gasteiger partial charge on any atom is -0.337 e. The largest absolute Gasteiger partial charge is 0.416 e. The standard InChI is InChI=1S/C20H23F3N4O/c1-24-15-5-3-9-26(12-15)19(28)17-11-25-27(18(17)13-7-8-13)16-6-2-4-14(10-16)20(21,22)23/h2,4,6,10-11,13,15,24H,3,5,7-9,12H2,1H3. The molecule has 1 atom stereocenters. The van der Waals surface area contributed by atoms with Crippen molar-refractivity contribution in [3.8, 4) is 5.69 Å². The topological polar surface area (TPSA) is 50.2 Å². The first-order valence-corrected chi connectivity index (χ1v) is 9.60. The number of alkyl halides is 3. The molecule has 0 spiro atoms. The minimum absolute atomic E-state index is 0.0833. The average molecular weight is 392 g/mol. The van der Waals surface area contributed by atoms with Crippen LogP contribution in [0.5, 0.6) is 0 Å². The Bertz CT molecular complexity index is 873. The third-order valence-electron chi connectivity index (χ3n) is 5.54. The molecule has 2 aromatic rings. The fourth-order valence-corrected chi connectivity index (χ4v) is 3.86. The van der Waals surface area contributed by atoms with Crippen molar-refractivity contribution in [2.45, 2.75) is 43.8 Å². The van der Waals surface area contributed by atoms with Crippen LogP contribution < -0.4 is 5.32 Å². The molecule has 1 N–H and O–H groups in total. The predicted molar refractivity (Wildman–Crippen MR) is 98.5 cm³/mol. The van der Waals surface area contributed by atoms with Crippen molar-refractivity contribution < 1.29 is 18.0 Å². The Morgan fingerprint density at radius 1 is 1.25 bits per heavy atom. The zero-order valence-electron chi connectivity index (χ0n) is 15.7. The van der Waals surface area contributed by atoms with Gasteiger partial charge in [0, 0.05) is 25.0 Å². The van der Waals surface area contributed by atoms with Crippen LogP contribution in [0.25, 0.3) is 5.69 Å². The molecule has 28 heavy (non-hydrogen) atoms. The van der Waals surface area contributed by atoms with Gasteiger partial charge >= 0.3 is 6.18 Å². The van der Waals surface area contributed by atoms with E-state index in [2.05, 4.69) is 10.4 Å². The fourth-order valence-electron chi connectivity index (χ4n) is 3.86. The van der Waals surface area contributed by atoms with Crippen molar-refractivity contribution in [2.75, 3.05) is 20.1 Å². The molecule has 8 heteroatoms. The van der Waals surface area contributed by atoms with E-state index in [-0.39, 0.29) is 17.9 Å². The number of hydrogen-bond donors (Lipinski definition) is 1. The number of benzene rings is 1. The minimum atomic E-state index is -4.42. The van der Waals surface area contributed by atoms with Gasteiger partial charge in [-0.1, -0.05) is 6.07 Å². The van der Waals surface area contributed by atoms with Crippen LogP contribution in [0.2, 0.25) is 0 Å². The van der Waals surface area contributed by atoms with Crippen LogP contribution in [0.3, 0.4) is 0 Å². The summed E-state index contributed by atoms with van der Waals surface area (Å²) in [5.74, 6) is 0.0842. The molecule has 1 amide bonds. The van der Waals surface area contributed by atoms with Crippen LogP contribution in [-0.2, 0) is 6.18 Å². The van der Waals surface area contributed by atoms with Gasteiger partial charge in [0.2, 0.25) is 0 Å². The van der Waals surface area contributed by atoms with Crippen LogP contribution in [0.15, 0.2) is 30.5 Å². The number of halogens is 3. The molecule has 2 heterocycles. The maximum Gasteiger partial charge on any atom is 0.416 e. The summed E-state index contributed by atoms with van der Waals surface area (Å²) in [6, 6.07) is 5.37. The van der Waals surface area contributed by atoms with Crippen LogP contribution in [0, 0.1) is 0 Å². The van der Waals surface area contributed by atoms with Crippen molar-refractivity contribution in [2.24, 2.45) is 0 Å². The van der Waals surface area contributed by atoms with E-state index >= 15 is 0 Å². The van der Waals surface area contributed by atoms with E-state index in [0.717, 1.165) is 43.5 Å². The van der Waals surface area contributed by atoms with Gasteiger partial charge in [-0.2, -0.15) is 18.3 Å². The zero-order chi connectivity index (χ0) is 19.9. The maximum absolute atomic E-state index is 13.1. The van der Waals surface area contributed by atoms with Gasteiger partial charge < -0.3 is 10.2 Å². The molecule has 1 unspecified atom stereocenters. The molecule has 2 fully saturated rings. The summed E-state index contributed by atoms with van der Waals surface area (Å²) in [7, 11) is 1.89. The summed E-state index contributed by atoms with van der Waals surface area (Å²) in [6.45, 7) is 1.32. The lowest BCUT2D eigenvalue weighted by atomic mass is 10.0. The maximum atomic E-state index is 13.1. The second-order valence-corrected chi connectivity index (χ2v) is 7.56. The number of carbonyl (C=O) groups excluding carboxylic acids is 1. The predicted octanol–water partition coefficient (Wildman–Crippen LogP) is 3.59. The van der Waals surface area contributed by atoms with E-state index in [4.69, 9.17) is 0 Å². The Hall–Kier alpha value is -2.35. The molecular weight excluding hydrogens is 369 g/mol. The summed E-state index contributed by atoms with van der Waals surface area (Å²) in [5.41, 5.74) is 0.859. The van der Waals surface area contributed by atoms with Crippen LogP contribution in [0.1, 0.15) is 53.2 Å². The van der Waals surface area contributed by atoms with Crippen molar-refractivity contribution in [3.63, 3.8) is 0 Å². The molecular formula is C20H23F3N4O. The Morgan fingerprint density at radius 3 is 2.71 bits per heavy atom. The highest BCUT2D eigenvalue weighted by Gasteiger charge is 2.36. The second-order valence-electron chi connectivity index (χ2n) is 7.56. The number of piperidine rings is 1. The lowest BCUT2D eigenvalue weighted by Gasteiger charge is -2.32. The van der Waals surface area contributed by atoms with Gasteiger partial charge in [-0.25, -0.2) is 4.68 Å². The number of likely N-dealkylation sites (N-methyl/N-ethyl adjacent to an activating group) is 1. The summed E-state index contributed by atoms with van der Waals surface area (Å²) < 4.78 is 40.8. The molecule has 1 saturated carbocycles. The Balaban J connectivity index is 1.68. The van der Waals surface area contributed by atoms with E-state index in [9.17, 15) is 18.0 Å². The molecule has 5 nitrogen and oxygen atoms in total. The fraction of sp³-hybridized carbons (Fsp3) is 0.500. The number of likely N-dealkylation sites (tertiary alicyclic amines) is 1. The molecule has 4 rings (SSSR count). The van der Waals surface area contributed by atoms with Gasteiger partial charge in [-0.05, 0) is 50.9 Å². The highest BCUT2D eigenvalue weighted by molar-refractivity contribution is 5.95. The molecule has 1 aliphatic heterocycles. The monoisotopic (exact) mass is 392 g/mol. The van der Waals surface area contributed by atoms with Crippen molar-refractivity contribution in [1.29, 1.82) is 0 Å². The van der Waals surface area contributed by atoms with Gasteiger partial charge in [-0.3, -0.25) is 4.79 Å². The molecule has 2 aliphatic rings. The summed E-state index contributed by atoms with van der Waals surface area (Å²) >= 11 is 0. The van der Waals surface area contributed by atoms with E-state index in [1.807, 2.05) is 11.9 Å². The summed E-state index contributed by atoms with van der Waals surface area (Å²) in [5, 5.41) is 7.53. The Labute approximate surface area is 161 Å². The highest BCUT2D eigenvalue weighted by atomic mass is 19.4.